The molecule has 1 saturated heterocycles. The summed E-state index contributed by atoms with van der Waals surface area (Å²) in [6.45, 7) is 3.32. The molecule has 2 bridgehead atoms. The number of likely N-dealkylation sites (tertiary alicyclic amines) is 1. The van der Waals surface area contributed by atoms with Crippen LogP contribution < -0.4 is 4.74 Å². The second kappa shape index (κ2) is 6.94. The van der Waals surface area contributed by atoms with Gasteiger partial charge < -0.3 is 34.4 Å². The zero-order chi connectivity index (χ0) is 23.0. The summed E-state index contributed by atoms with van der Waals surface area (Å²) in [5.74, 6) is -1.20. The first kappa shape index (κ1) is 21.2. The molecule has 9 heteroatoms. The Bertz CT molecular complexity index is 1040. The van der Waals surface area contributed by atoms with Crippen LogP contribution in [0, 0.1) is 0 Å². The minimum atomic E-state index is -1.36. The lowest BCUT2D eigenvalue weighted by molar-refractivity contribution is -0.177. The molecule has 0 aromatic heterocycles. The molecule has 3 N–H and O–H groups in total. The van der Waals surface area contributed by atoms with Crippen LogP contribution in [0.5, 0.6) is 11.5 Å². The van der Waals surface area contributed by atoms with Crippen molar-refractivity contribution in [3.05, 3.63) is 35.1 Å². The van der Waals surface area contributed by atoms with Crippen molar-refractivity contribution in [3.8, 4) is 11.5 Å². The van der Waals surface area contributed by atoms with Crippen molar-refractivity contribution in [1.82, 2.24) is 4.90 Å². The maximum atomic E-state index is 12.7. The summed E-state index contributed by atoms with van der Waals surface area (Å²) < 4.78 is 16.8. The van der Waals surface area contributed by atoms with E-state index in [-0.39, 0.29) is 24.0 Å². The van der Waals surface area contributed by atoms with Crippen LogP contribution >= 0.6 is 0 Å². The molecule has 1 aromatic carbocycles. The van der Waals surface area contributed by atoms with Crippen LogP contribution in [0.25, 0.3) is 0 Å². The van der Waals surface area contributed by atoms with Crippen LogP contribution in [0.4, 0.5) is 0 Å². The number of phenolic OH excluding ortho intramolecular Hbond substituents is 1. The summed E-state index contributed by atoms with van der Waals surface area (Å²) in [5.41, 5.74) is -0.217. The fraction of sp³-hybridized carbons (Fsp3) is 0.565. The van der Waals surface area contributed by atoms with Crippen LogP contribution in [0.3, 0.4) is 0 Å². The number of rotatable bonds is 4. The molecule has 6 atom stereocenters. The van der Waals surface area contributed by atoms with Gasteiger partial charge in [0.2, 0.25) is 0 Å². The predicted octanol–water partition coefficient (Wildman–Crippen LogP) is 0.526. The number of carbonyl (C=O) groups is 2. The molecule has 2 aliphatic heterocycles. The summed E-state index contributed by atoms with van der Waals surface area (Å²) in [7, 11) is 1.99. The Morgan fingerprint density at radius 2 is 2.03 bits per heavy atom. The minimum absolute atomic E-state index is 0.0165. The number of aliphatic hydroxyl groups is 2. The van der Waals surface area contributed by atoms with Gasteiger partial charge in [-0.25, -0.2) is 9.59 Å². The van der Waals surface area contributed by atoms with E-state index in [1.54, 1.807) is 12.1 Å². The second-order valence-electron chi connectivity index (χ2n) is 9.28. The molecule has 0 radical (unpaired) electrons. The van der Waals surface area contributed by atoms with Crippen molar-refractivity contribution >= 4 is 11.9 Å². The van der Waals surface area contributed by atoms with E-state index in [4.69, 9.17) is 14.2 Å². The molecule has 1 aromatic rings. The van der Waals surface area contributed by atoms with Crippen molar-refractivity contribution < 1.29 is 39.1 Å². The highest BCUT2D eigenvalue weighted by atomic mass is 16.6. The van der Waals surface area contributed by atoms with Crippen LogP contribution in [0.2, 0.25) is 0 Å². The molecule has 1 spiro atoms. The molecule has 5 rings (SSSR count). The normalized spacial score (nSPS) is 34.0. The van der Waals surface area contributed by atoms with Gasteiger partial charge in [0.15, 0.2) is 23.7 Å². The van der Waals surface area contributed by atoms with Crippen molar-refractivity contribution in [1.29, 1.82) is 0 Å². The molecule has 4 aliphatic rings. The fourth-order valence-corrected chi connectivity index (χ4v) is 5.96. The van der Waals surface area contributed by atoms with E-state index in [0.29, 0.717) is 25.1 Å². The lowest BCUT2D eigenvalue weighted by Crippen LogP contribution is -2.74. The molecule has 0 saturated carbocycles. The van der Waals surface area contributed by atoms with E-state index < -0.39 is 41.3 Å². The number of ether oxygens (including phenoxy) is 3. The Hall–Kier alpha value is -2.62. The summed E-state index contributed by atoms with van der Waals surface area (Å²) >= 11 is 0. The molecule has 32 heavy (non-hydrogen) atoms. The first-order valence-electron chi connectivity index (χ1n) is 10.8. The number of piperidine rings is 1. The smallest absolute Gasteiger partial charge is 0.352 e. The third-order valence-electron chi connectivity index (χ3n) is 7.54. The average Bonchev–Trinajstić information content (AvgIpc) is 3.10. The van der Waals surface area contributed by atoms with Gasteiger partial charge in [-0.05, 0) is 58.0 Å². The lowest BCUT2D eigenvalue weighted by Gasteiger charge is -2.61. The number of aromatic hydroxyl groups is 1. The highest BCUT2D eigenvalue weighted by Crippen LogP contribution is 2.65. The minimum Gasteiger partial charge on any atom is -0.504 e. The van der Waals surface area contributed by atoms with Gasteiger partial charge in [-0.15, -0.1) is 0 Å². The predicted molar refractivity (Wildman–Crippen MR) is 110 cm³/mol. The van der Waals surface area contributed by atoms with Crippen molar-refractivity contribution in [2.45, 2.75) is 68.5 Å². The number of carbonyl (C=O) groups excluding carboxylic acids is 2. The lowest BCUT2D eigenvalue weighted by atomic mass is 9.50. The zero-order valence-corrected chi connectivity index (χ0v) is 18.2. The number of esters is 2. The SMILES string of the molecule is CC(O)C(=O)OC(C)C(=O)OC1=CC[C@@]2(O)[C@H]3Cc4ccc(O)c5c4[C@@]2(CCN3C)[C@H]1O5. The largest absolute Gasteiger partial charge is 0.504 e. The van der Waals surface area contributed by atoms with E-state index in [9.17, 15) is 24.9 Å². The van der Waals surface area contributed by atoms with Gasteiger partial charge in [-0.2, -0.15) is 0 Å². The Balaban J connectivity index is 1.53. The maximum Gasteiger partial charge on any atom is 0.352 e. The molecular weight excluding hydrogens is 418 g/mol. The molecule has 2 aliphatic carbocycles. The fourth-order valence-electron chi connectivity index (χ4n) is 5.96. The number of phenols is 1. The van der Waals surface area contributed by atoms with Crippen LogP contribution in [0.1, 0.15) is 37.8 Å². The Kier molecular flexibility index (Phi) is 4.60. The molecule has 172 valence electrons. The number of likely N-dealkylation sites (N-methyl/N-ethyl adjacent to an activating group) is 1. The first-order chi connectivity index (χ1) is 15.1. The van der Waals surface area contributed by atoms with Crippen molar-refractivity contribution in [2.24, 2.45) is 0 Å². The number of nitrogens with zero attached hydrogens (tertiary/aromatic N) is 1. The summed E-state index contributed by atoms with van der Waals surface area (Å²) in [6.07, 6.45) is -0.302. The van der Waals surface area contributed by atoms with Gasteiger partial charge in [-0.3, -0.25) is 0 Å². The van der Waals surface area contributed by atoms with Gasteiger partial charge in [0.25, 0.3) is 0 Å². The monoisotopic (exact) mass is 445 g/mol. The average molecular weight is 445 g/mol. The summed E-state index contributed by atoms with van der Waals surface area (Å²) in [4.78, 5) is 26.5. The van der Waals surface area contributed by atoms with E-state index >= 15 is 0 Å². The van der Waals surface area contributed by atoms with Gasteiger partial charge in [0.05, 0.1) is 11.0 Å². The van der Waals surface area contributed by atoms with Gasteiger partial charge in [-0.1, -0.05) is 6.07 Å². The quantitative estimate of drug-likeness (QED) is 0.569. The summed E-state index contributed by atoms with van der Waals surface area (Å²) in [6, 6.07) is 3.31. The first-order valence-corrected chi connectivity index (χ1v) is 10.8. The van der Waals surface area contributed by atoms with Crippen LogP contribution in [0.15, 0.2) is 24.0 Å². The molecule has 0 amide bonds. The third kappa shape index (κ3) is 2.61. The molecular formula is C23H27NO8. The van der Waals surface area contributed by atoms with E-state index in [1.165, 1.54) is 13.8 Å². The van der Waals surface area contributed by atoms with Crippen LogP contribution in [-0.2, 0) is 30.9 Å². The van der Waals surface area contributed by atoms with E-state index in [1.807, 2.05) is 13.1 Å². The molecule has 1 fully saturated rings. The second-order valence-corrected chi connectivity index (χ2v) is 9.28. The summed E-state index contributed by atoms with van der Waals surface area (Å²) in [5, 5.41) is 31.9. The highest BCUT2D eigenvalue weighted by molar-refractivity contribution is 5.81. The number of aliphatic hydroxyl groups excluding tert-OH is 1. The molecule has 2 unspecified atom stereocenters. The van der Waals surface area contributed by atoms with Gasteiger partial charge in [0.1, 0.15) is 11.9 Å². The Morgan fingerprint density at radius 1 is 1.28 bits per heavy atom. The van der Waals surface area contributed by atoms with Gasteiger partial charge in [0, 0.05) is 18.0 Å². The zero-order valence-electron chi connectivity index (χ0n) is 18.2. The highest BCUT2D eigenvalue weighted by Gasteiger charge is 2.72. The van der Waals surface area contributed by atoms with Crippen molar-refractivity contribution in [2.75, 3.05) is 13.6 Å². The van der Waals surface area contributed by atoms with Gasteiger partial charge >= 0.3 is 11.9 Å². The molecule has 2 heterocycles. The van der Waals surface area contributed by atoms with E-state index in [0.717, 1.165) is 11.1 Å². The Labute approximate surface area is 185 Å². The topological polar surface area (TPSA) is 126 Å². The van der Waals surface area contributed by atoms with Crippen LogP contribution in [-0.4, -0.2) is 75.7 Å². The van der Waals surface area contributed by atoms with E-state index in [2.05, 4.69) is 4.90 Å². The standard InChI is InChI=1S/C23H27NO8/c1-11(25)20(27)30-12(2)21(28)31-15-6-7-23(29)16-10-13-4-5-14(26)18-17(13)22(23,19(15)32-18)8-9-24(16)3/h4-6,11-12,16,19,25-26,29H,7-10H2,1-3H3/t11?,12?,16-,19+,22+,23-/m1/s1. The molecule has 9 nitrogen and oxygen atoms in total. The van der Waals surface area contributed by atoms with Crippen molar-refractivity contribution in [3.63, 3.8) is 0 Å². The number of hydrogen-bond acceptors (Lipinski definition) is 9. The Morgan fingerprint density at radius 3 is 2.75 bits per heavy atom. The maximum absolute atomic E-state index is 12.7. The third-order valence-corrected chi connectivity index (χ3v) is 7.54. The number of benzene rings is 1. The number of hydrogen-bond donors (Lipinski definition) is 3.